The van der Waals surface area contributed by atoms with Crippen LogP contribution < -0.4 is 11.1 Å². The van der Waals surface area contributed by atoms with Gasteiger partial charge in [0.15, 0.2) is 0 Å². The van der Waals surface area contributed by atoms with Crippen LogP contribution in [0.2, 0.25) is 0 Å². The number of hydrogen-bond donors (Lipinski definition) is 2. The normalized spacial score (nSPS) is 19.6. The first-order chi connectivity index (χ1) is 9.22. The maximum Gasteiger partial charge on any atom is 0.237 e. The predicted molar refractivity (Wildman–Crippen MR) is 83.6 cm³/mol. The van der Waals surface area contributed by atoms with Gasteiger partial charge in [-0.1, -0.05) is 18.2 Å². The van der Waals surface area contributed by atoms with Crippen LogP contribution in [0.3, 0.4) is 0 Å². The third-order valence-corrected chi connectivity index (χ3v) is 5.01. The fourth-order valence-electron chi connectivity index (χ4n) is 2.15. The number of nitrogens with two attached hydrogens (primary N) is 1. The molecule has 19 heavy (non-hydrogen) atoms. The van der Waals surface area contributed by atoms with E-state index in [1.807, 2.05) is 30.2 Å². The monoisotopic (exact) mass is 296 g/mol. The van der Waals surface area contributed by atoms with Crippen molar-refractivity contribution in [2.24, 2.45) is 5.73 Å². The lowest BCUT2D eigenvalue weighted by molar-refractivity contribution is -0.123. The summed E-state index contributed by atoms with van der Waals surface area (Å²) in [7, 11) is 0. The third-order valence-electron chi connectivity index (χ3n) is 3.24. The van der Waals surface area contributed by atoms with Gasteiger partial charge < -0.3 is 11.1 Å². The van der Waals surface area contributed by atoms with Gasteiger partial charge in [0.1, 0.15) is 0 Å². The summed E-state index contributed by atoms with van der Waals surface area (Å²) in [6.07, 6.45) is 3.73. The highest BCUT2D eigenvalue weighted by molar-refractivity contribution is 7.99. The Morgan fingerprint density at radius 1 is 1.58 bits per heavy atom. The number of nitrogens with one attached hydrogen (secondary N) is 1. The van der Waals surface area contributed by atoms with Gasteiger partial charge in [0.25, 0.3) is 0 Å². The first-order valence-corrected chi connectivity index (χ1v) is 8.87. The molecule has 0 radical (unpaired) electrons. The molecule has 0 aromatic heterocycles. The van der Waals surface area contributed by atoms with Crippen LogP contribution in [0.4, 0.5) is 0 Å². The number of carbonyl (C=O) groups excluding carboxylic acids is 1. The average molecular weight is 296 g/mol. The van der Waals surface area contributed by atoms with Crippen molar-refractivity contribution in [1.29, 1.82) is 0 Å². The zero-order chi connectivity index (χ0) is 13.7. The molecule has 1 aliphatic rings. The first-order valence-electron chi connectivity index (χ1n) is 6.49. The summed E-state index contributed by atoms with van der Waals surface area (Å²) in [5.74, 6) is 1.94. The number of fused-ring (bicyclic) bond motifs is 1. The smallest absolute Gasteiger partial charge is 0.237 e. The van der Waals surface area contributed by atoms with E-state index >= 15 is 0 Å². The molecule has 1 aromatic carbocycles. The maximum atomic E-state index is 12.1. The van der Waals surface area contributed by atoms with E-state index in [1.54, 1.807) is 11.8 Å². The zero-order valence-corrected chi connectivity index (χ0v) is 12.7. The Morgan fingerprint density at radius 3 is 3.16 bits per heavy atom. The molecule has 0 bridgehead atoms. The van der Waals surface area contributed by atoms with E-state index in [1.165, 1.54) is 10.5 Å². The molecule has 2 rings (SSSR count). The minimum Gasteiger partial charge on any atom is -0.348 e. The van der Waals surface area contributed by atoms with Crippen molar-refractivity contribution in [3.05, 3.63) is 29.8 Å². The van der Waals surface area contributed by atoms with Crippen LogP contribution >= 0.6 is 23.5 Å². The Morgan fingerprint density at radius 2 is 2.37 bits per heavy atom. The van der Waals surface area contributed by atoms with Crippen molar-refractivity contribution in [3.63, 3.8) is 0 Å². The molecular weight excluding hydrogens is 276 g/mol. The fourth-order valence-corrected chi connectivity index (χ4v) is 3.76. The van der Waals surface area contributed by atoms with Gasteiger partial charge in [-0.15, -0.1) is 11.8 Å². The molecule has 2 atom stereocenters. The molecule has 0 saturated heterocycles. The maximum absolute atomic E-state index is 12.1. The van der Waals surface area contributed by atoms with Crippen LogP contribution in [0.15, 0.2) is 29.2 Å². The molecule has 1 aromatic rings. The molecule has 104 valence electrons. The molecule has 3 nitrogen and oxygen atoms in total. The molecule has 1 amide bonds. The Hall–Kier alpha value is -0.650. The number of benzene rings is 1. The Balaban J connectivity index is 1.98. The average Bonchev–Trinajstić information content (AvgIpc) is 2.45. The van der Waals surface area contributed by atoms with Crippen LogP contribution in [-0.2, 0) is 4.79 Å². The lowest BCUT2D eigenvalue weighted by Crippen LogP contribution is -2.43. The summed E-state index contributed by atoms with van der Waals surface area (Å²) < 4.78 is 0. The van der Waals surface area contributed by atoms with Gasteiger partial charge in [-0.3, -0.25) is 4.79 Å². The number of carbonyl (C=O) groups is 1. The van der Waals surface area contributed by atoms with E-state index < -0.39 is 6.04 Å². The molecular formula is C14H20N2OS2. The minimum absolute atomic E-state index is 0.0271. The van der Waals surface area contributed by atoms with E-state index in [0.717, 1.165) is 24.3 Å². The second-order valence-corrected chi connectivity index (χ2v) is 6.75. The van der Waals surface area contributed by atoms with Crippen LogP contribution in [0.25, 0.3) is 0 Å². The summed E-state index contributed by atoms with van der Waals surface area (Å²) in [5, 5.41) is 3.10. The standard InChI is InChI=1S/C14H20N2OS2/c1-18-8-6-11(15)14(17)16-12-7-9-19-13-5-3-2-4-10(12)13/h2-5,11-12H,6-9,15H2,1H3,(H,16,17)/t11-,12?/m0/s1. The first kappa shape index (κ1) is 14.8. The van der Waals surface area contributed by atoms with Gasteiger partial charge in [0.05, 0.1) is 12.1 Å². The number of rotatable bonds is 5. The lowest BCUT2D eigenvalue weighted by Gasteiger charge is -2.27. The Labute approximate surface area is 123 Å². The van der Waals surface area contributed by atoms with Crippen LogP contribution in [-0.4, -0.2) is 29.7 Å². The summed E-state index contributed by atoms with van der Waals surface area (Å²) in [6.45, 7) is 0. The van der Waals surface area contributed by atoms with Crippen LogP contribution in [0.5, 0.6) is 0 Å². The van der Waals surface area contributed by atoms with E-state index in [-0.39, 0.29) is 11.9 Å². The van der Waals surface area contributed by atoms with Crippen molar-refractivity contribution >= 4 is 29.4 Å². The fraction of sp³-hybridized carbons (Fsp3) is 0.500. The van der Waals surface area contributed by atoms with Gasteiger partial charge in [-0.2, -0.15) is 11.8 Å². The second-order valence-electron chi connectivity index (χ2n) is 4.62. The SMILES string of the molecule is CSCC[C@H](N)C(=O)NC1CCSc2ccccc21. The summed E-state index contributed by atoms with van der Waals surface area (Å²) in [4.78, 5) is 13.3. The quantitative estimate of drug-likeness (QED) is 0.876. The lowest BCUT2D eigenvalue weighted by atomic mass is 10.0. The van der Waals surface area contributed by atoms with Crippen molar-refractivity contribution in [2.45, 2.75) is 29.8 Å². The molecule has 1 unspecified atom stereocenters. The van der Waals surface area contributed by atoms with Gasteiger partial charge in [-0.05, 0) is 36.5 Å². The highest BCUT2D eigenvalue weighted by Crippen LogP contribution is 2.35. The van der Waals surface area contributed by atoms with E-state index in [2.05, 4.69) is 17.4 Å². The van der Waals surface area contributed by atoms with Crippen molar-refractivity contribution < 1.29 is 4.79 Å². The molecule has 1 heterocycles. The molecule has 1 aliphatic heterocycles. The zero-order valence-electron chi connectivity index (χ0n) is 11.1. The van der Waals surface area contributed by atoms with Gasteiger partial charge in [-0.25, -0.2) is 0 Å². The molecule has 3 N–H and O–H groups in total. The summed E-state index contributed by atoms with van der Waals surface area (Å²) in [5.41, 5.74) is 7.14. The highest BCUT2D eigenvalue weighted by atomic mass is 32.2. The Bertz CT molecular complexity index is 439. The minimum atomic E-state index is -0.394. The topological polar surface area (TPSA) is 55.1 Å². The highest BCUT2D eigenvalue weighted by Gasteiger charge is 2.23. The molecule has 0 fully saturated rings. The second kappa shape index (κ2) is 7.22. The van der Waals surface area contributed by atoms with E-state index in [0.29, 0.717) is 0 Å². The number of amides is 1. The number of thioether (sulfide) groups is 2. The van der Waals surface area contributed by atoms with Gasteiger partial charge in [0.2, 0.25) is 5.91 Å². The van der Waals surface area contributed by atoms with Crippen LogP contribution in [0, 0.1) is 0 Å². The van der Waals surface area contributed by atoms with Crippen molar-refractivity contribution in [1.82, 2.24) is 5.32 Å². The Kier molecular flexibility index (Phi) is 5.60. The van der Waals surface area contributed by atoms with Crippen molar-refractivity contribution in [3.8, 4) is 0 Å². The molecule has 0 saturated carbocycles. The van der Waals surface area contributed by atoms with Gasteiger partial charge >= 0.3 is 0 Å². The number of hydrogen-bond acceptors (Lipinski definition) is 4. The molecule has 0 aliphatic carbocycles. The van der Waals surface area contributed by atoms with Gasteiger partial charge in [0, 0.05) is 10.6 Å². The molecule has 5 heteroatoms. The van der Waals surface area contributed by atoms with Crippen molar-refractivity contribution in [2.75, 3.05) is 17.8 Å². The largest absolute Gasteiger partial charge is 0.348 e. The summed E-state index contributed by atoms with van der Waals surface area (Å²) in [6, 6.07) is 8.00. The molecule has 0 spiro atoms. The van der Waals surface area contributed by atoms with E-state index in [4.69, 9.17) is 5.73 Å². The third kappa shape index (κ3) is 3.91. The summed E-state index contributed by atoms with van der Waals surface area (Å²) >= 11 is 3.57. The van der Waals surface area contributed by atoms with E-state index in [9.17, 15) is 4.79 Å². The predicted octanol–water partition coefficient (Wildman–Crippen LogP) is 2.42. The van der Waals surface area contributed by atoms with Crippen LogP contribution in [0.1, 0.15) is 24.4 Å².